The summed E-state index contributed by atoms with van der Waals surface area (Å²) in [6, 6.07) is -1.52. The Kier molecular flexibility index (Phi) is 32.3. The molecule has 50 heavy (non-hydrogen) atoms. The Hall–Kier alpha value is -2.30. The number of phosphoric ester groups is 1. The van der Waals surface area contributed by atoms with E-state index in [9.17, 15) is 23.8 Å². The fourth-order valence-electron chi connectivity index (χ4n) is 4.90. The molecule has 0 aromatic carbocycles. The molecule has 0 fully saturated rings. The molecule has 0 aliphatic carbocycles. The lowest BCUT2D eigenvalue weighted by Crippen LogP contribution is -2.34. The van der Waals surface area contributed by atoms with Crippen molar-refractivity contribution in [2.45, 2.75) is 167 Å². The molecule has 0 bridgehead atoms. The monoisotopic (exact) mass is 729 g/mol. The number of aliphatic carboxylic acids is 1. The number of phosphoric acid groups is 1. The topological polar surface area (TPSA) is 172 Å². The SMILES string of the molecule is CCC=CCC=CCC=CCCCCCCCC(=O)OCC(COP(=O)(O)OCC(N)C(=O)O)OC(=O)CCCCCCCCCCCCC. The van der Waals surface area contributed by atoms with E-state index >= 15 is 0 Å². The number of carboxylic acids is 1. The summed E-state index contributed by atoms with van der Waals surface area (Å²) in [6.45, 7) is 2.64. The average molecular weight is 730 g/mol. The Bertz CT molecular complexity index is 1000. The molecule has 0 aromatic rings. The summed E-state index contributed by atoms with van der Waals surface area (Å²) >= 11 is 0. The molecule has 0 aliphatic rings. The van der Waals surface area contributed by atoms with Crippen LogP contribution in [0.25, 0.3) is 0 Å². The third-order valence-corrected chi connectivity index (χ3v) is 8.85. The molecular formula is C38H68NO10P. The lowest BCUT2D eigenvalue weighted by Gasteiger charge is -2.20. The minimum absolute atomic E-state index is 0.159. The third-order valence-electron chi connectivity index (χ3n) is 7.90. The van der Waals surface area contributed by atoms with Crippen molar-refractivity contribution in [3.8, 4) is 0 Å². The Labute approximate surface area is 302 Å². The van der Waals surface area contributed by atoms with Gasteiger partial charge in [0.25, 0.3) is 0 Å². The highest BCUT2D eigenvalue weighted by molar-refractivity contribution is 7.47. The predicted molar refractivity (Wildman–Crippen MR) is 199 cm³/mol. The van der Waals surface area contributed by atoms with Crippen molar-refractivity contribution in [1.29, 1.82) is 0 Å². The highest BCUT2D eigenvalue weighted by Crippen LogP contribution is 2.43. The first-order chi connectivity index (χ1) is 24.1. The fourth-order valence-corrected chi connectivity index (χ4v) is 5.68. The minimum Gasteiger partial charge on any atom is -0.480 e. The number of hydrogen-bond acceptors (Lipinski definition) is 9. The summed E-state index contributed by atoms with van der Waals surface area (Å²) in [5.74, 6) is -2.40. The highest BCUT2D eigenvalue weighted by atomic mass is 31.2. The molecule has 0 aromatic heterocycles. The molecule has 0 saturated heterocycles. The van der Waals surface area contributed by atoms with Gasteiger partial charge in [0.2, 0.25) is 0 Å². The van der Waals surface area contributed by atoms with Crippen LogP contribution in [-0.4, -0.2) is 59.9 Å². The normalized spacial score (nSPS) is 14.3. The second-order valence-corrected chi connectivity index (χ2v) is 14.1. The Morgan fingerprint density at radius 2 is 1.12 bits per heavy atom. The number of nitrogens with two attached hydrogens (primary N) is 1. The van der Waals surface area contributed by atoms with Gasteiger partial charge in [-0.2, -0.15) is 0 Å². The average Bonchev–Trinajstić information content (AvgIpc) is 3.09. The molecule has 0 aliphatic heterocycles. The number of ether oxygens (including phenoxy) is 2. The number of carbonyl (C=O) groups excluding carboxylic acids is 2. The minimum atomic E-state index is -4.71. The molecule has 0 rings (SSSR count). The maximum Gasteiger partial charge on any atom is 0.472 e. The molecule has 3 atom stereocenters. The molecule has 0 heterocycles. The van der Waals surface area contributed by atoms with Crippen LogP contribution >= 0.6 is 7.82 Å². The summed E-state index contributed by atoms with van der Waals surface area (Å²) < 4.78 is 32.5. The highest BCUT2D eigenvalue weighted by Gasteiger charge is 2.28. The van der Waals surface area contributed by atoms with Gasteiger partial charge in [0, 0.05) is 12.8 Å². The number of esters is 2. The van der Waals surface area contributed by atoms with Gasteiger partial charge in [0.15, 0.2) is 6.10 Å². The van der Waals surface area contributed by atoms with Crippen LogP contribution in [0.1, 0.15) is 155 Å². The van der Waals surface area contributed by atoms with Crippen molar-refractivity contribution in [3.63, 3.8) is 0 Å². The largest absolute Gasteiger partial charge is 0.480 e. The van der Waals surface area contributed by atoms with E-state index in [-0.39, 0.29) is 19.4 Å². The lowest BCUT2D eigenvalue weighted by atomic mass is 10.1. The van der Waals surface area contributed by atoms with Crippen molar-refractivity contribution in [2.24, 2.45) is 5.73 Å². The number of carboxylic acid groups (broad SMARTS) is 1. The molecule has 0 radical (unpaired) electrons. The maximum absolute atomic E-state index is 12.5. The van der Waals surface area contributed by atoms with Crippen LogP contribution < -0.4 is 5.73 Å². The molecule has 3 unspecified atom stereocenters. The molecule has 4 N–H and O–H groups in total. The van der Waals surface area contributed by atoms with Crippen LogP contribution in [0.5, 0.6) is 0 Å². The van der Waals surface area contributed by atoms with E-state index in [0.29, 0.717) is 12.8 Å². The zero-order valence-corrected chi connectivity index (χ0v) is 31.9. The van der Waals surface area contributed by atoms with E-state index in [1.807, 2.05) is 0 Å². The zero-order chi connectivity index (χ0) is 37.1. The second kappa shape index (κ2) is 33.8. The number of unbranched alkanes of at least 4 members (excludes halogenated alkanes) is 15. The lowest BCUT2D eigenvalue weighted by molar-refractivity contribution is -0.161. The van der Waals surface area contributed by atoms with Crippen molar-refractivity contribution in [2.75, 3.05) is 19.8 Å². The Morgan fingerprint density at radius 1 is 0.640 bits per heavy atom. The van der Waals surface area contributed by atoms with Crippen LogP contribution in [0.4, 0.5) is 0 Å². The molecule has 0 amide bonds. The van der Waals surface area contributed by atoms with Gasteiger partial charge in [0.05, 0.1) is 13.2 Å². The van der Waals surface area contributed by atoms with E-state index < -0.39 is 51.1 Å². The number of carbonyl (C=O) groups is 3. The van der Waals surface area contributed by atoms with Gasteiger partial charge < -0.3 is 25.2 Å². The maximum atomic E-state index is 12.5. The summed E-state index contributed by atoms with van der Waals surface area (Å²) in [6.07, 6.45) is 33.6. The van der Waals surface area contributed by atoms with Crippen LogP contribution in [0.3, 0.4) is 0 Å². The molecule has 290 valence electrons. The van der Waals surface area contributed by atoms with Crippen LogP contribution in [0.2, 0.25) is 0 Å². The smallest absolute Gasteiger partial charge is 0.472 e. The molecule has 0 spiro atoms. The summed E-state index contributed by atoms with van der Waals surface area (Å²) in [5.41, 5.74) is 5.31. The summed E-state index contributed by atoms with van der Waals surface area (Å²) in [5, 5.41) is 8.85. The van der Waals surface area contributed by atoms with Gasteiger partial charge >= 0.3 is 25.7 Å². The van der Waals surface area contributed by atoms with E-state index in [0.717, 1.165) is 70.6 Å². The fraction of sp³-hybridized carbons (Fsp3) is 0.763. The van der Waals surface area contributed by atoms with Crippen LogP contribution in [0, 0.1) is 0 Å². The zero-order valence-electron chi connectivity index (χ0n) is 31.0. The standard InChI is InChI=1S/C38H68NO10P/c1-3-5-7-9-11-13-15-16-17-18-20-21-23-25-27-29-36(40)46-31-34(32-47-50(44,45)48-33-35(39)38(42)43)49-37(41)30-28-26-24-22-19-14-12-10-8-6-4-2/h5,7,11,13,16-17,34-35H,3-4,6,8-10,12,14-15,18-33,39H2,1-2H3,(H,42,43)(H,44,45). The molecule has 0 saturated carbocycles. The molecular weight excluding hydrogens is 661 g/mol. The van der Waals surface area contributed by atoms with E-state index in [1.54, 1.807) is 0 Å². The molecule has 12 heteroatoms. The van der Waals surface area contributed by atoms with Gasteiger partial charge in [-0.3, -0.25) is 23.4 Å². The first-order valence-electron chi connectivity index (χ1n) is 19.0. The van der Waals surface area contributed by atoms with Gasteiger partial charge in [-0.1, -0.05) is 134 Å². The third kappa shape index (κ3) is 32.9. The van der Waals surface area contributed by atoms with Crippen LogP contribution in [-0.2, 0) is 37.5 Å². The van der Waals surface area contributed by atoms with E-state index in [2.05, 4.69) is 54.8 Å². The predicted octanol–water partition coefficient (Wildman–Crippen LogP) is 9.28. The van der Waals surface area contributed by atoms with Crippen molar-refractivity contribution in [1.82, 2.24) is 0 Å². The van der Waals surface area contributed by atoms with Gasteiger partial charge in [-0.15, -0.1) is 0 Å². The van der Waals surface area contributed by atoms with Crippen LogP contribution in [0.15, 0.2) is 36.5 Å². The van der Waals surface area contributed by atoms with Crippen molar-refractivity contribution >= 4 is 25.7 Å². The van der Waals surface area contributed by atoms with E-state index in [1.165, 1.54) is 44.9 Å². The Morgan fingerprint density at radius 3 is 1.68 bits per heavy atom. The number of allylic oxidation sites excluding steroid dienone is 6. The first kappa shape index (κ1) is 47.7. The second-order valence-electron chi connectivity index (χ2n) is 12.7. The van der Waals surface area contributed by atoms with Crippen molar-refractivity contribution in [3.05, 3.63) is 36.5 Å². The molecule has 11 nitrogen and oxygen atoms in total. The van der Waals surface area contributed by atoms with Gasteiger partial charge in [-0.05, 0) is 44.9 Å². The summed E-state index contributed by atoms with van der Waals surface area (Å²) in [4.78, 5) is 45.7. The van der Waals surface area contributed by atoms with Gasteiger partial charge in [0.1, 0.15) is 12.6 Å². The Balaban J connectivity index is 4.45. The van der Waals surface area contributed by atoms with E-state index in [4.69, 9.17) is 24.8 Å². The quantitative estimate of drug-likeness (QED) is 0.0246. The summed E-state index contributed by atoms with van der Waals surface area (Å²) in [7, 11) is -4.71. The number of rotatable bonds is 35. The van der Waals surface area contributed by atoms with Crippen molar-refractivity contribution < 1.29 is 47.5 Å². The first-order valence-corrected chi connectivity index (χ1v) is 20.5. The van der Waals surface area contributed by atoms with Gasteiger partial charge in [-0.25, -0.2) is 4.57 Å². The number of hydrogen-bond donors (Lipinski definition) is 3.